The zero-order chi connectivity index (χ0) is 6.48. The van der Waals surface area contributed by atoms with Crippen LogP contribution in [0, 0.1) is 11.8 Å². The lowest BCUT2D eigenvalue weighted by Crippen LogP contribution is -2.20. The molecule has 2 saturated carbocycles. The fraction of sp³-hybridized carbons (Fsp3) is 1.00. The van der Waals surface area contributed by atoms with Gasteiger partial charge < -0.3 is 0 Å². The Morgan fingerprint density at radius 3 is 2.22 bits per heavy atom. The van der Waals surface area contributed by atoms with Crippen molar-refractivity contribution in [3.8, 4) is 0 Å². The lowest BCUT2D eigenvalue weighted by Gasteiger charge is -2.23. The highest BCUT2D eigenvalue weighted by molar-refractivity contribution is 6.48. The smallest absolute Gasteiger partial charge is 0.101 e. The maximum Gasteiger partial charge on any atom is 0.121 e. The average Bonchev–Trinajstić information content (AvgIpc) is 2.19. The van der Waals surface area contributed by atoms with E-state index in [2.05, 4.69) is 0 Å². The summed E-state index contributed by atoms with van der Waals surface area (Å²) in [5.74, 6) is 1.47. The largest absolute Gasteiger partial charge is 0.121 e. The summed E-state index contributed by atoms with van der Waals surface area (Å²) in [5, 5.41) is 0. The van der Waals surface area contributed by atoms with Crippen LogP contribution in [0.5, 0.6) is 0 Å². The van der Waals surface area contributed by atoms with Gasteiger partial charge in [0.25, 0.3) is 0 Å². The average molecular weight is 165 g/mol. The fourth-order valence-corrected chi connectivity index (χ4v) is 3.03. The quantitative estimate of drug-likeness (QED) is 0.484. The van der Waals surface area contributed by atoms with Gasteiger partial charge in [-0.1, -0.05) is 0 Å². The molecule has 2 atom stereocenters. The van der Waals surface area contributed by atoms with Crippen LogP contribution in [0.2, 0.25) is 0 Å². The molecule has 0 nitrogen and oxygen atoms in total. The summed E-state index contributed by atoms with van der Waals surface area (Å²) in [6.45, 7) is 0. The molecule has 0 aromatic rings. The fourth-order valence-electron chi connectivity index (χ4n) is 2.20. The monoisotopic (exact) mass is 164 g/mol. The molecule has 0 N–H and O–H groups in total. The van der Waals surface area contributed by atoms with Gasteiger partial charge in [-0.25, -0.2) is 0 Å². The molecular formula is C7H10Cl2. The molecule has 0 spiro atoms. The molecule has 9 heavy (non-hydrogen) atoms. The van der Waals surface area contributed by atoms with E-state index in [1.54, 1.807) is 0 Å². The van der Waals surface area contributed by atoms with E-state index in [-0.39, 0.29) is 4.33 Å². The van der Waals surface area contributed by atoms with Crippen molar-refractivity contribution >= 4 is 23.2 Å². The van der Waals surface area contributed by atoms with Gasteiger partial charge in [0.15, 0.2) is 0 Å². The van der Waals surface area contributed by atoms with Gasteiger partial charge >= 0.3 is 0 Å². The predicted octanol–water partition coefficient (Wildman–Crippen LogP) is 2.98. The summed E-state index contributed by atoms with van der Waals surface area (Å²) in [5.41, 5.74) is 0. The molecule has 0 unspecified atom stereocenters. The lowest BCUT2D eigenvalue weighted by molar-refractivity contribution is 0.455. The summed E-state index contributed by atoms with van der Waals surface area (Å²) in [6.07, 6.45) is 4.96. The third kappa shape index (κ3) is 0.877. The molecule has 2 fully saturated rings. The Morgan fingerprint density at radius 1 is 1.22 bits per heavy atom. The number of alkyl halides is 2. The second-order valence-corrected chi connectivity index (χ2v) is 4.88. The van der Waals surface area contributed by atoms with E-state index in [9.17, 15) is 0 Å². The third-order valence-corrected chi connectivity index (χ3v) is 3.63. The van der Waals surface area contributed by atoms with Crippen molar-refractivity contribution in [2.45, 2.75) is 30.0 Å². The second-order valence-electron chi connectivity index (χ2n) is 3.34. The minimum atomic E-state index is -0.344. The number of hydrogen-bond acceptors (Lipinski definition) is 0. The van der Waals surface area contributed by atoms with Crippen LogP contribution < -0.4 is 0 Å². The van der Waals surface area contributed by atoms with Gasteiger partial charge in [0.2, 0.25) is 0 Å². The van der Waals surface area contributed by atoms with E-state index in [1.165, 1.54) is 19.3 Å². The molecule has 0 radical (unpaired) electrons. The lowest BCUT2D eigenvalue weighted by atomic mass is 10.00. The molecular weight excluding hydrogens is 155 g/mol. The van der Waals surface area contributed by atoms with Gasteiger partial charge in [0, 0.05) is 0 Å². The molecule has 2 rings (SSSR count). The first-order valence-corrected chi connectivity index (χ1v) is 4.32. The first-order valence-electron chi connectivity index (χ1n) is 3.56. The predicted molar refractivity (Wildman–Crippen MR) is 39.9 cm³/mol. The van der Waals surface area contributed by atoms with E-state index in [0.29, 0.717) is 5.92 Å². The highest BCUT2D eigenvalue weighted by Gasteiger charge is 2.48. The molecule has 2 heteroatoms. The molecule has 0 amide bonds. The van der Waals surface area contributed by atoms with Gasteiger partial charge in [-0.05, 0) is 37.5 Å². The molecule has 0 aromatic carbocycles. The van der Waals surface area contributed by atoms with Crippen LogP contribution in [0.25, 0.3) is 0 Å². The van der Waals surface area contributed by atoms with Crippen molar-refractivity contribution in [2.75, 3.05) is 0 Å². The van der Waals surface area contributed by atoms with E-state index in [1.807, 2.05) is 0 Å². The van der Waals surface area contributed by atoms with Crippen molar-refractivity contribution in [1.82, 2.24) is 0 Å². The summed E-state index contributed by atoms with van der Waals surface area (Å²) >= 11 is 12.1. The minimum absolute atomic E-state index is 0.344. The van der Waals surface area contributed by atoms with Gasteiger partial charge in [-0.3, -0.25) is 0 Å². The molecule has 2 aliphatic carbocycles. The summed E-state index contributed by atoms with van der Waals surface area (Å²) in [7, 11) is 0. The summed E-state index contributed by atoms with van der Waals surface area (Å²) in [6, 6.07) is 0. The standard InChI is InChI=1S/C7H10Cl2/c8-7(9)4-5-1-2-6(7)3-5/h5-6H,1-4H2/t5-,6+/m0/s1. The van der Waals surface area contributed by atoms with Crippen LogP contribution in [0.3, 0.4) is 0 Å². The Bertz CT molecular complexity index is 131. The minimum Gasteiger partial charge on any atom is -0.101 e. The molecule has 2 aliphatic rings. The van der Waals surface area contributed by atoms with Crippen molar-refractivity contribution in [2.24, 2.45) is 11.8 Å². The van der Waals surface area contributed by atoms with E-state index < -0.39 is 0 Å². The Kier molecular flexibility index (Phi) is 1.26. The van der Waals surface area contributed by atoms with E-state index in [4.69, 9.17) is 23.2 Å². The Morgan fingerprint density at radius 2 is 2.00 bits per heavy atom. The van der Waals surface area contributed by atoms with Gasteiger partial charge in [0.05, 0.1) is 0 Å². The molecule has 52 valence electrons. The maximum absolute atomic E-state index is 6.03. The first-order chi connectivity index (χ1) is 4.18. The van der Waals surface area contributed by atoms with Crippen LogP contribution >= 0.6 is 23.2 Å². The maximum atomic E-state index is 6.03. The van der Waals surface area contributed by atoms with Gasteiger partial charge in [-0.15, -0.1) is 23.2 Å². The molecule has 0 heterocycles. The number of halogens is 2. The zero-order valence-corrected chi connectivity index (χ0v) is 6.75. The number of rotatable bonds is 0. The van der Waals surface area contributed by atoms with Gasteiger partial charge in [0.1, 0.15) is 4.33 Å². The second kappa shape index (κ2) is 1.79. The third-order valence-electron chi connectivity index (χ3n) is 2.70. The number of hydrogen-bond donors (Lipinski definition) is 0. The van der Waals surface area contributed by atoms with Crippen molar-refractivity contribution < 1.29 is 0 Å². The first kappa shape index (κ1) is 6.30. The Balaban J connectivity index is 2.18. The SMILES string of the molecule is ClC1(Cl)C[C@H]2CC[C@@H]1C2. The summed E-state index contributed by atoms with van der Waals surface area (Å²) < 4.78 is -0.344. The summed E-state index contributed by atoms with van der Waals surface area (Å²) in [4.78, 5) is 0. The zero-order valence-electron chi connectivity index (χ0n) is 5.24. The molecule has 2 bridgehead atoms. The topological polar surface area (TPSA) is 0 Å². The molecule has 0 aliphatic heterocycles. The van der Waals surface area contributed by atoms with Gasteiger partial charge in [-0.2, -0.15) is 0 Å². The molecule has 0 saturated heterocycles. The Labute approximate surface area is 65.5 Å². The van der Waals surface area contributed by atoms with Crippen LogP contribution in [0.15, 0.2) is 0 Å². The van der Waals surface area contributed by atoms with Crippen LogP contribution in [-0.4, -0.2) is 4.33 Å². The van der Waals surface area contributed by atoms with Crippen LogP contribution in [0.1, 0.15) is 25.7 Å². The van der Waals surface area contributed by atoms with Crippen LogP contribution in [-0.2, 0) is 0 Å². The van der Waals surface area contributed by atoms with Crippen LogP contribution in [0.4, 0.5) is 0 Å². The Hall–Kier alpha value is 0.580. The van der Waals surface area contributed by atoms with E-state index >= 15 is 0 Å². The van der Waals surface area contributed by atoms with Crippen molar-refractivity contribution in [1.29, 1.82) is 0 Å². The normalized spacial score (nSPS) is 46.0. The van der Waals surface area contributed by atoms with E-state index in [0.717, 1.165) is 12.3 Å². The van der Waals surface area contributed by atoms with Crippen molar-refractivity contribution in [3.63, 3.8) is 0 Å². The number of fused-ring (bicyclic) bond motifs is 2. The molecule has 0 aromatic heterocycles. The highest BCUT2D eigenvalue weighted by atomic mass is 35.5. The highest BCUT2D eigenvalue weighted by Crippen LogP contribution is 2.56. The van der Waals surface area contributed by atoms with Crippen molar-refractivity contribution in [3.05, 3.63) is 0 Å².